The minimum atomic E-state index is -0.401. The zero-order chi connectivity index (χ0) is 21.3. The Bertz CT molecular complexity index is 692. The van der Waals surface area contributed by atoms with Crippen LogP contribution < -0.4 is 16.0 Å². The Balaban J connectivity index is 0.000000387. The molecule has 158 valence electrons. The number of anilines is 1. The third kappa shape index (κ3) is 11.5. The smallest absolute Gasteiger partial charge is 0.243 e. The molecule has 0 aromatic heterocycles. The van der Waals surface area contributed by atoms with Gasteiger partial charge in [-0.05, 0) is 42.7 Å². The summed E-state index contributed by atoms with van der Waals surface area (Å²) < 4.78 is 10.5. The second-order valence-electron chi connectivity index (χ2n) is 6.38. The van der Waals surface area contributed by atoms with Crippen LogP contribution in [0.25, 0.3) is 0 Å². The minimum Gasteiger partial charge on any atom is -0.497 e. The third-order valence-corrected chi connectivity index (χ3v) is 4.09. The number of methoxy groups -OCH3 is 1. The van der Waals surface area contributed by atoms with Gasteiger partial charge < -0.3 is 20.0 Å². The molecular formula is C22H30N2O5. The second kappa shape index (κ2) is 15.1. The van der Waals surface area contributed by atoms with Crippen LogP contribution in [0, 0.1) is 0 Å². The average Bonchev–Trinajstić information content (AvgIpc) is 2.77. The van der Waals surface area contributed by atoms with Crippen LogP contribution in [0.5, 0.6) is 5.75 Å². The summed E-state index contributed by atoms with van der Waals surface area (Å²) in [4.78, 5) is 21.7. The van der Waals surface area contributed by atoms with Gasteiger partial charge in [-0.3, -0.25) is 10.0 Å². The third-order valence-electron chi connectivity index (χ3n) is 4.09. The maximum Gasteiger partial charge on any atom is 0.243 e. The molecule has 0 aliphatic rings. The zero-order valence-electron chi connectivity index (χ0n) is 16.8. The molecule has 0 aliphatic carbocycles. The first-order valence-corrected chi connectivity index (χ1v) is 9.52. The first kappa shape index (κ1) is 24.1. The number of nitrogen functional groups attached to an aromatic ring is 1. The van der Waals surface area contributed by atoms with Gasteiger partial charge in [-0.2, -0.15) is 0 Å². The lowest BCUT2D eigenvalue weighted by Gasteiger charge is -2.11. The zero-order valence-corrected chi connectivity index (χ0v) is 16.8. The van der Waals surface area contributed by atoms with Crippen molar-refractivity contribution in [3.8, 4) is 5.75 Å². The predicted octanol–water partition coefficient (Wildman–Crippen LogP) is 3.50. The molecule has 0 fully saturated rings. The molecule has 0 bridgehead atoms. The van der Waals surface area contributed by atoms with E-state index in [1.165, 1.54) is 0 Å². The van der Waals surface area contributed by atoms with Gasteiger partial charge in [0, 0.05) is 12.1 Å². The van der Waals surface area contributed by atoms with Gasteiger partial charge in [0.1, 0.15) is 18.1 Å². The van der Waals surface area contributed by atoms with E-state index in [1.54, 1.807) is 24.7 Å². The van der Waals surface area contributed by atoms with E-state index in [0.29, 0.717) is 25.9 Å². The number of carbonyl (C=O) groups is 2. The highest BCUT2D eigenvalue weighted by Gasteiger charge is 2.08. The number of nitrogens with two attached hydrogens (primary N) is 1. The van der Waals surface area contributed by atoms with Crippen molar-refractivity contribution in [2.45, 2.75) is 44.8 Å². The van der Waals surface area contributed by atoms with Crippen LogP contribution in [0.15, 0.2) is 54.6 Å². The number of rotatable bonds is 11. The maximum absolute atomic E-state index is 10.9. The van der Waals surface area contributed by atoms with Crippen LogP contribution in [0.3, 0.4) is 0 Å². The van der Waals surface area contributed by atoms with Gasteiger partial charge in [-0.25, -0.2) is 5.48 Å². The van der Waals surface area contributed by atoms with Gasteiger partial charge in [0.05, 0.1) is 13.7 Å². The quantitative estimate of drug-likeness (QED) is 0.174. The van der Waals surface area contributed by atoms with E-state index in [4.69, 9.17) is 20.4 Å². The van der Waals surface area contributed by atoms with E-state index < -0.39 is 6.10 Å². The summed E-state index contributed by atoms with van der Waals surface area (Å²) in [6.45, 7) is 0.428. The molecule has 2 aromatic carbocycles. The topological polar surface area (TPSA) is 111 Å². The first-order chi connectivity index (χ1) is 14.1. The van der Waals surface area contributed by atoms with Gasteiger partial charge in [0.25, 0.3) is 0 Å². The van der Waals surface area contributed by atoms with Crippen molar-refractivity contribution in [3.63, 3.8) is 0 Å². The van der Waals surface area contributed by atoms with Gasteiger partial charge in [-0.15, -0.1) is 0 Å². The number of aldehydes is 1. The molecule has 29 heavy (non-hydrogen) atoms. The standard InChI is InChI=1S/C15H21NO4.C7H9NO/c17-11-14(9-5-2-6-10-15(18)16-19)20-12-13-7-3-1-4-8-13;1-9-7-4-2-6(8)3-5-7/h1,3-4,7-8,11,14,19H,2,5-6,9-10,12H2,(H,16,18);2-5H,8H2,1H3. The molecule has 0 heterocycles. The highest BCUT2D eigenvalue weighted by molar-refractivity contribution is 5.74. The lowest BCUT2D eigenvalue weighted by atomic mass is 10.1. The van der Waals surface area contributed by atoms with Gasteiger partial charge in [0.2, 0.25) is 5.91 Å². The van der Waals surface area contributed by atoms with Gasteiger partial charge in [-0.1, -0.05) is 43.2 Å². The van der Waals surface area contributed by atoms with Gasteiger partial charge >= 0.3 is 0 Å². The summed E-state index contributed by atoms with van der Waals surface area (Å²) in [6.07, 6.45) is 3.70. The van der Waals surface area contributed by atoms with Crippen molar-refractivity contribution < 1.29 is 24.3 Å². The number of nitrogens with one attached hydrogen (secondary N) is 1. The fourth-order valence-corrected chi connectivity index (χ4v) is 2.44. The van der Waals surface area contributed by atoms with Crippen LogP contribution in [0.4, 0.5) is 5.69 Å². The molecular weight excluding hydrogens is 372 g/mol. The molecule has 4 N–H and O–H groups in total. The maximum atomic E-state index is 10.9. The number of carbonyl (C=O) groups excluding carboxylic acids is 2. The van der Waals surface area contributed by atoms with Crippen LogP contribution >= 0.6 is 0 Å². The Morgan fingerprint density at radius 2 is 1.79 bits per heavy atom. The Morgan fingerprint density at radius 1 is 1.10 bits per heavy atom. The van der Waals surface area contributed by atoms with Crippen molar-refractivity contribution in [3.05, 3.63) is 60.2 Å². The summed E-state index contributed by atoms with van der Waals surface area (Å²) in [5.74, 6) is 0.460. The summed E-state index contributed by atoms with van der Waals surface area (Å²) in [7, 11) is 1.63. The molecule has 0 spiro atoms. The largest absolute Gasteiger partial charge is 0.497 e. The lowest BCUT2D eigenvalue weighted by molar-refractivity contribution is -0.129. The highest BCUT2D eigenvalue weighted by Crippen LogP contribution is 2.11. The molecule has 2 rings (SSSR count). The average molecular weight is 402 g/mol. The molecule has 7 nitrogen and oxygen atoms in total. The van der Waals surface area contributed by atoms with Crippen molar-refractivity contribution in [2.75, 3.05) is 12.8 Å². The fraction of sp³-hybridized carbons (Fsp3) is 0.364. The highest BCUT2D eigenvalue weighted by atomic mass is 16.5. The summed E-state index contributed by atoms with van der Waals surface area (Å²) in [6, 6.07) is 17.0. The predicted molar refractivity (Wildman–Crippen MR) is 112 cm³/mol. The van der Waals surface area contributed by atoms with E-state index in [2.05, 4.69) is 0 Å². The molecule has 1 unspecified atom stereocenters. The SMILES string of the molecule is COc1ccc(N)cc1.O=CC(CCCCCC(=O)NO)OCc1ccccc1. The van der Waals surface area contributed by atoms with Crippen LogP contribution in [0.2, 0.25) is 0 Å². The van der Waals surface area contributed by atoms with Gasteiger partial charge in [0.15, 0.2) is 0 Å². The monoisotopic (exact) mass is 402 g/mol. The second-order valence-corrected chi connectivity index (χ2v) is 6.38. The number of hydrogen-bond donors (Lipinski definition) is 3. The number of hydroxylamine groups is 1. The number of amides is 1. The molecule has 0 saturated carbocycles. The Labute approximate surface area is 171 Å². The van der Waals surface area contributed by atoms with Crippen molar-refractivity contribution >= 4 is 17.9 Å². The van der Waals surface area contributed by atoms with E-state index in [0.717, 1.165) is 36.1 Å². The lowest BCUT2D eigenvalue weighted by Crippen LogP contribution is -2.18. The van der Waals surface area contributed by atoms with Crippen LogP contribution in [-0.4, -0.2) is 30.6 Å². The van der Waals surface area contributed by atoms with Crippen molar-refractivity contribution in [1.82, 2.24) is 5.48 Å². The Morgan fingerprint density at radius 3 is 2.38 bits per heavy atom. The molecule has 0 aliphatic heterocycles. The van der Waals surface area contributed by atoms with E-state index in [-0.39, 0.29) is 5.91 Å². The minimum absolute atomic E-state index is 0.299. The molecule has 2 aromatic rings. The van der Waals surface area contributed by atoms with E-state index >= 15 is 0 Å². The Hall–Kier alpha value is -2.90. The number of unbranched alkanes of at least 4 members (excludes halogenated alkanes) is 2. The summed E-state index contributed by atoms with van der Waals surface area (Å²) >= 11 is 0. The first-order valence-electron chi connectivity index (χ1n) is 9.52. The molecule has 0 radical (unpaired) electrons. The summed E-state index contributed by atoms with van der Waals surface area (Å²) in [5, 5.41) is 8.33. The van der Waals surface area contributed by atoms with E-state index in [1.807, 2.05) is 42.5 Å². The molecule has 0 saturated heterocycles. The number of benzene rings is 2. The van der Waals surface area contributed by atoms with Crippen molar-refractivity contribution in [2.24, 2.45) is 0 Å². The van der Waals surface area contributed by atoms with Crippen LogP contribution in [-0.2, 0) is 20.9 Å². The molecule has 7 heteroatoms. The Kier molecular flexibility index (Phi) is 12.5. The molecule has 1 amide bonds. The van der Waals surface area contributed by atoms with Crippen molar-refractivity contribution in [1.29, 1.82) is 0 Å². The fourth-order valence-electron chi connectivity index (χ4n) is 2.44. The van der Waals surface area contributed by atoms with E-state index in [9.17, 15) is 9.59 Å². The number of hydrogen-bond acceptors (Lipinski definition) is 6. The number of ether oxygens (including phenoxy) is 2. The molecule has 1 atom stereocenters. The van der Waals surface area contributed by atoms with Crippen LogP contribution in [0.1, 0.15) is 37.7 Å². The summed E-state index contributed by atoms with van der Waals surface area (Å²) in [5.41, 5.74) is 8.82. The normalized spacial score (nSPS) is 11.0.